The molecule has 38 heavy (non-hydrogen) atoms. The molecule has 0 spiro atoms. The van der Waals surface area contributed by atoms with Crippen molar-refractivity contribution in [3.63, 3.8) is 0 Å². The Hall–Kier alpha value is -3.50. The molecular formula is C28H36N8O2. The normalized spacial score (nSPS) is 20.0. The van der Waals surface area contributed by atoms with E-state index in [0.29, 0.717) is 12.6 Å². The van der Waals surface area contributed by atoms with E-state index in [1.807, 2.05) is 38.7 Å². The Labute approximate surface area is 222 Å². The number of aryl methyl sites for hydroxylation is 3. The third-order valence-corrected chi connectivity index (χ3v) is 7.60. The molecule has 1 fully saturated rings. The predicted molar refractivity (Wildman–Crippen MR) is 146 cm³/mol. The molecular weight excluding hydrogens is 480 g/mol. The van der Waals surface area contributed by atoms with Crippen LogP contribution >= 0.6 is 0 Å². The minimum atomic E-state index is -0.0599. The fourth-order valence-electron chi connectivity index (χ4n) is 5.46. The van der Waals surface area contributed by atoms with Crippen molar-refractivity contribution in [2.75, 3.05) is 13.2 Å². The van der Waals surface area contributed by atoms with Crippen LogP contribution in [-0.4, -0.2) is 70.0 Å². The Balaban J connectivity index is 1.52. The fourth-order valence-corrected chi connectivity index (χ4v) is 5.46. The number of hydrogen-bond donors (Lipinski definition) is 2. The second-order valence-electron chi connectivity index (χ2n) is 11.0. The van der Waals surface area contributed by atoms with Gasteiger partial charge in [0.1, 0.15) is 11.6 Å². The van der Waals surface area contributed by atoms with Crippen LogP contribution in [0.4, 0.5) is 0 Å². The number of rotatable bonds is 4. The molecule has 2 atom stereocenters. The number of H-pyrrole nitrogens is 1. The van der Waals surface area contributed by atoms with E-state index in [9.17, 15) is 5.11 Å². The molecule has 2 bridgehead atoms. The summed E-state index contributed by atoms with van der Waals surface area (Å²) in [4.78, 5) is 7.42. The Bertz CT molecular complexity index is 1510. The molecule has 10 heteroatoms. The molecule has 0 saturated heterocycles. The van der Waals surface area contributed by atoms with Gasteiger partial charge in [-0.2, -0.15) is 15.3 Å². The first-order valence-electron chi connectivity index (χ1n) is 13.5. The zero-order chi connectivity index (χ0) is 26.6. The number of ether oxygens (including phenoxy) is 1. The van der Waals surface area contributed by atoms with E-state index in [4.69, 9.17) is 19.9 Å². The van der Waals surface area contributed by atoms with Crippen LogP contribution in [0.2, 0.25) is 0 Å². The molecule has 0 amide bonds. The molecule has 1 aliphatic carbocycles. The van der Waals surface area contributed by atoms with Gasteiger partial charge in [0, 0.05) is 50.3 Å². The van der Waals surface area contributed by atoms with Crippen molar-refractivity contribution < 1.29 is 9.84 Å². The van der Waals surface area contributed by atoms with E-state index in [-0.39, 0.29) is 18.6 Å². The highest BCUT2D eigenvalue weighted by atomic mass is 16.5. The highest BCUT2D eigenvalue weighted by Crippen LogP contribution is 2.36. The van der Waals surface area contributed by atoms with E-state index in [1.54, 1.807) is 0 Å². The summed E-state index contributed by atoms with van der Waals surface area (Å²) in [6.07, 6.45) is 8.45. The Kier molecular flexibility index (Phi) is 6.31. The van der Waals surface area contributed by atoms with Gasteiger partial charge < -0.3 is 9.84 Å². The average molecular weight is 517 g/mol. The van der Waals surface area contributed by atoms with Crippen LogP contribution in [0.3, 0.4) is 0 Å². The van der Waals surface area contributed by atoms with E-state index in [0.717, 1.165) is 69.5 Å². The first kappa shape index (κ1) is 24.8. The van der Waals surface area contributed by atoms with E-state index >= 15 is 0 Å². The average Bonchev–Trinajstić information content (AvgIpc) is 3.46. The van der Waals surface area contributed by atoms with Gasteiger partial charge in [0.15, 0.2) is 0 Å². The van der Waals surface area contributed by atoms with Gasteiger partial charge in [-0.25, -0.2) is 4.68 Å². The SMILES string of the molecule is Cc1nn(C)c2c1-c1cc3c([nH]nc3c(C)n1)/C=C/c1cnn(C[C@@H](C)CO)c1CN(C1CC1)C[C@H](C)O2. The van der Waals surface area contributed by atoms with Crippen LogP contribution in [-0.2, 0) is 20.1 Å². The number of pyridine rings is 1. The number of hydrogen-bond acceptors (Lipinski definition) is 7. The van der Waals surface area contributed by atoms with Crippen LogP contribution in [0.25, 0.3) is 34.3 Å². The number of nitrogens with one attached hydrogen (secondary N) is 1. The highest BCUT2D eigenvalue weighted by molar-refractivity contribution is 5.93. The number of aliphatic hydroxyl groups is 1. The number of fused-ring (bicyclic) bond motifs is 4. The smallest absolute Gasteiger partial charge is 0.221 e. The summed E-state index contributed by atoms with van der Waals surface area (Å²) in [5.74, 6) is 0.850. The van der Waals surface area contributed by atoms with Crippen molar-refractivity contribution >= 4 is 23.1 Å². The van der Waals surface area contributed by atoms with Crippen molar-refractivity contribution in [3.8, 4) is 17.1 Å². The molecule has 1 aliphatic heterocycles. The summed E-state index contributed by atoms with van der Waals surface area (Å²) in [6.45, 7) is 10.5. The first-order valence-corrected chi connectivity index (χ1v) is 13.5. The summed E-state index contributed by atoms with van der Waals surface area (Å²) < 4.78 is 10.5. The third-order valence-electron chi connectivity index (χ3n) is 7.60. The lowest BCUT2D eigenvalue weighted by atomic mass is 10.1. The molecule has 4 aromatic heterocycles. The van der Waals surface area contributed by atoms with Gasteiger partial charge >= 0.3 is 0 Å². The maximum absolute atomic E-state index is 9.71. The van der Waals surface area contributed by atoms with Crippen molar-refractivity contribution in [1.82, 2.24) is 39.6 Å². The summed E-state index contributed by atoms with van der Waals surface area (Å²) in [6, 6.07) is 2.61. The highest BCUT2D eigenvalue weighted by Gasteiger charge is 2.32. The summed E-state index contributed by atoms with van der Waals surface area (Å²) in [7, 11) is 1.93. The largest absolute Gasteiger partial charge is 0.473 e. The maximum atomic E-state index is 9.71. The molecule has 10 nitrogen and oxygen atoms in total. The summed E-state index contributed by atoms with van der Waals surface area (Å²) in [5.41, 5.74) is 7.48. The van der Waals surface area contributed by atoms with Crippen LogP contribution in [0, 0.1) is 19.8 Å². The van der Waals surface area contributed by atoms with Gasteiger partial charge in [-0.3, -0.25) is 19.7 Å². The zero-order valence-corrected chi connectivity index (χ0v) is 22.8. The quantitative estimate of drug-likeness (QED) is 0.425. The lowest BCUT2D eigenvalue weighted by Crippen LogP contribution is -2.36. The summed E-state index contributed by atoms with van der Waals surface area (Å²) in [5, 5.41) is 27.9. The minimum Gasteiger partial charge on any atom is -0.473 e. The number of aromatic amines is 1. The predicted octanol–water partition coefficient (Wildman–Crippen LogP) is 3.72. The molecule has 6 rings (SSSR count). The lowest BCUT2D eigenvalue weighted by Gasteiger charge is -2.27. The molecule has 2 aliphatic rings. The van der Waals surface area contributed by atoms with Crippen molar-refractivity contribution in [3.05, 3.63) is 40.6 Å². The second kappa shape index (κ2) is 9.67. The number of nitrogens with zero attached hydrogens (tertiary/aromatic N) is 7. The first-order chi connectivity index (χ1) is 18.3. The molecule has 4 aromatic rings. The van der Waals surface area contributed by atoms with Gasteiger partial charge in [-0.1, -0.05) is 6.92 Å². The van der Waals surface area contributed by atoms with Gasteiger partial charge in [-0.05, 0) is 57.7 Å². The van der Waals surface area contributed by atoms with E-state index in [2.05, 4.69) is 44.9 Å². The second-order valence-corrected chi connectivity index (χ2v) is 11.0. The van der Waals surface area contributed by atoms with Gasteiger partial charge in [-0.15, -0.1) is 0 Å². The van der Waals surface area contributed by atoms with Gasteiger partial charge in [0.2, 0.25) is 5.88 Å². The number of aromatic nitrogens is 7. The van der Waals surface area contributed by atoms with E-state index in [1.165, 1.54) is 12.8 Å². The van der Waals surface area contributed by atoms with Crippen LogP contribution in [0.15, 0.2) is 12.3 Å². The van der Waals surface area contributed by atoms with Crippen molar-refractivity contribution in [2.24, 2.45) is 13.0 Å². The number of aliphatic hydroxyl groups excluding tert-OH is 1. The molecule has 0 unspecified atom stereocenters. The Morgan fingerprint density at radius 1 is 1.21 bits per heavy atom. The Morgan fingerprint density at radius 3 is 2.79 bits per heavy atom. The van der Waals surface area contributed by atoms with Gasteiger partial charge in [0.05, 0.1) is 40.2 Å². The Morgan fingerprint density at radius 2 is 2.03 bits per heavy atom. The molecule has 0 aromatic carbocycles. The van der Waals surface area contributed by atoms with Crippen LogP contribution in [0.1, 0.15) is 55.0 Å². The maximum Gasteiger partial charge on any atom is 0.221 e. The molecule has 1 saturated carbocycles. The standard InChI is InChI=1S/C28H36N8O2/c1-16(15-37)12-36-25-14-35(21-7-8-21)13-17(2)38-28-26(18(3)33-34(28)5)24-10-22-23(9-6-20(25)11-29-36)31-32-27(22)19(4)30-24/h6,9-11,16-17,21,37H,7-8,12-15H2,1-5H3,(H,31,32)/b9-6+/t16-,17+/m1/s1. The summed E-state index contributed by atoms with van der Waals surface area (Å²) >= 11 is 0. The van der Waals surface area contributed by atoms with Crippen LogP contribution < -0.4 is 4.74 Å². The van der Waals surface area contributed by atoms with Crippen LogP contribution in [0.5, 0.6) is 5.88 Å². The third kappa shape index (κ3) is 4.52. The lowest BCUT2D eigenvalue weighted by molar-refractivity contribution is 0.124. The molecule has 0 radical (unpaired) electrons. The molecule has 200 valence electrons. The van der Waals surface area contributed by atoms with E-state index < -0.39 is 0 Å². The molecule has 2 N–H and O–H groups in total. The van der Waals surface area contributed by atoms with Crippen molar-refractivity contribution in [1.29, 1.82) is 0 Å². The molecule has 5 heterocycles. The zero-order valence-electron chi connectivity index (χ0n) is 22.8. The minimum absolute atomic E-state index is 0.0599. The van der Waals surface area contributed by atoms with Crippen molar-refractivity contribution in [2.45, 2.75) is 65.8 Å². The van der Waals surface area contributed by atoms with Gasteiger partial charge in [0.25, 0.3) is 0 Å². The monoisotopic (exact) mass is 516 g/mol. The topological polar surface area (TPSA) is 110 Å². The fraction of sp³-hybridized carbons (Fsp3) is 0.500.